The molecule has 0 radical (unpaired) electrons. The molecular formula is C13H15Cl2NO3. The number of hydrogen-bond donors (Lipinski definition) is 2. The summed E-state index contributed by atoms with van der Waals surface area (Å²) in [6, 6.07) is 4.99. The smallest absolute Gasteiger partial charge is 0.249 e. The zero-order chi connectivity index (χ0) is 13.8. The average Bonchev–Trinajstić information content (AvgIpc) is 2.89. The molecule has 2 N–H and O–H groups in total. The number of amides is 1. The van der Waals surface area contributed by atoms with E-state index in [1.807, 2.05) is 0 Å². The summed E-state index contributed by atoms with van der Waals surface area (Å²) < 4.78 is 5.25. The number of benzene rings is 1. The van der Waals surface area contributed by atoms with Crippen LogP contribution in [0, 0.1) is 0 Å². The maximum Gasteiger partial charge on any atom is 0.249 e. The predicted octanol–water partition coefficient (Wildman–Crippen LogP) is 2.32. The van der Waals surface area contributed by atoms with Crippen molar-refractivity contribution < 1.29 is 14.6 Å². The fourth-order valence-electron chi connectivity index (χ4n) is 2.03. The van der Waals surface area contributed by atoms with Crippen LogP contribution < -0.4 is 5.32 Å². The Hall–Kier alpha value is -0.810. The molecule has 19 heavy (non-hydrogen) atoms. The van der Waals surface area contributed by atoms with Gasteiger partial charge in [0.05, 0.1) is 6.10 Å². The van der Waals surface area contributed by atoms with E-state index in [-0.39, 0.29) is 12.5 Å². The van der Waals surface area contributed by atoms with Crippen LogP contribution in [0.4, 0.5) is 0 Å². The Kier molecular flexibility index (Phi) is 5.05. The van der Waals surface area contributed by atoms with Gasteiger partial charge in [0.1, 0.15) is 6.10 Å². The Morgan fingerprint density at radius 3 is 2.74 bits per heavy atom. The van der Waals surface area contributed by atoms with Crippen LogP contribution in [0.2, 0.25) is 10.0 Å². The summed E-state index contributed by atoms with van der Waals surface area (Å²) in [5, 5.41) is 13.5. The van der Waals surface area contributed by atoms with Crippen molar-refractivity contribution in [3.63, 3.8) is 0 Å². The van der Waals surface area contributed by atoms with Crippen molar-refractivity contribution in [3.8, 4) is 0 Å². The van der Waals surface area contributed by atoms with Crippen LogP contribution in [-0.2, 0) is 9.53 Å². The summed E-state index contributed by atoms with van der Waals surface area (Å²) in [7, 11) is 0. The largest absolute Gasteiger partial charge is 0.386 e. The molecule has 1 heterocycles. The Bertz CT molecular complexity index is 441. The quantitative estimate of drug-likeness (QED) is 0.897. The Morgan fingerprint density at radius 1 is 1.47 bits per heavy atom. The second kappa shape index (κ2) is 6.57. The molecular weight excluding hydrogens is 289 g/mol. The molecule has 2 atom stereocenters. The van der Waals surface area contributed by atoms with Crippen LogP contribution in [0.25, 0.3) is 0 Å². The molecule has 1 aromatic carbocycles. The van der Waals surface area contributed by atoms with Crippen molar-refractivity contribution in [1.29, 1.82) is 0 Å². The van der Waals surface area contributed by atoms with E-state index >= 15 is 0 Å². The van der Waals surface area contributed by atoms with Gasteiger partial charge in [0.15, 0.2) is 0 Å². The highest BCUT2D eigenvalue weighted by atomic mass is 35.5. The first-order valence-electron chi connectivity index (χ1n) is 6.11. The second-order valence-electron chi connectivity index (χ2n) is 4.40. The molecule has 2 rings (SSSR count). The highest BCUT2D eigenvalue weighted by Gasteiger charge is 2.24. The lowest BCUT2D eigenvalue weighted by Gasteiger charge is -2.16. The molecule has 1 amide bonds. The van der Waals surface area contributed by atoms with Gasteiger partial charge in [-0.05, 0) is 25.0 Å². The van der Waals surface area contributed by atoms with Crippen molar-refractivity contribution in [3.05, 3.63) is 33.8 Å². The van der Waals surface area contributed by atoms with Crippen molar-refractivity contribution in [2.24, 2.45) is 0 Å². The first-order chi connectivity index (χ1) is 9.09. The fraction of sp³-hybridized carbons (Fsp3) is 0.462. The highest BCUT2D eigenvalue weighted by Crippen LogP contribution is 2.29. The van der Waals surface area contributed by atoms with Gasteiger partial charge in [-0.1, -0.05) is 29.3 Å². The van der Waals surface area contributed by atoms with E-state index in [0.717, 1.165) is 12.8 Å². The molecule has 1 fully saturated rings. The van der Waals surface area contributed by atoms with Crippen LogP contribution in [0.3, 0.4) is 0 Å². The van der Waals surface area contributed by atoms with Gasteiger partial charge < -0.3 is 15.2 Å². The molecule has 104 valence electrons. The van der Waals surface area contributed by atoms with Crippen molar-refractivity contribution in [1.82, 2.24) is 5.32 Å². The van der Waals surface area contributed by atoms with Gasteiger partial charge in [-0.2, -0.15) is 0 Å². The number of rotatable bonds is 4. The number of hydrogen-bond acceptors (Lipinski definition) is 3. The molecule has 1 saturated heterocycles. The zero-order valence-corrected chi connectivity index (χ0v) is 11.7. The molecule has 2 unspecified atom stereocenters. The van der Waals surface area contributed by atoms with Gasteiger partial charge in [-0.25, -0.2) is 0 Å². The van der Waals surface area contributed by atoms with E-state index in [2.05, 4.69) is 5.32 Å². The Morgan fingerprint density at radius 2 is 2.16 bits per heavy atom. The predicted molar refractivity (Wildman–Crippen MR) is 73.4 cm³/mol. The molecule has 0 bridgehead atoms. The molecule has 1 aliphatic heterocycles. The fourth-order valence-corrected chi connectivity index (χ4v) is 2.68. The molecule has 0 aromatic heterocycles. The molecule has 0 saturated carbocycles. The monoisotopic (exact) mass is 303 g/mol. The van der Waals surface area contributed by atoms with Crippen molar-refractivity contribution >= 4 is 29.1 Å². The topological polar surface area (TPSA) is 58.6 Å². The third-order valence-corrected chi connectivity index (χ3v) is 3.68. The van der Waals surface area contributed by atoms with Gasteiger partial charge in [0, 0.05) is 28.8 Å². The molecule has 1 aromatic rings. The van der Waals surface area contributed by atoms with E-state index in [9.17, 15) is 9.90 Å². The summed E-state index contributed by atoms with van der Waals surface area (Å²) >= 11 is 12.0. The highest BCUT2D eigenvalue weighted by molar-refractivity contribution is 6.36. The summed E-state index contributed by atoms with van der Waals surface area (Å²) in [5.74, 6) is -0.209. The lowest BCUT2D eigenvalue weighted by Crippen LogP contribution is -2.36. The lowest BCUT2D eigenvalue weighted by molar-refractivity contribution is -0.130. The standard InChI is InChI=1S/C13H15Cl2NO3/c14-8-3-1-4-9(15)12(8)10(17)7-16-13(18)11-5-2-6-19-11/h1,3-4,10-11,17H,2,5-7H2,(H,16,18). The second-order valence-corrected chi connectivity index (χ2v) is 5.21. The Balaban J connectivity index is 1.93. The van der Waals surface area contributed by atoms with Gasteiger partial charge in [0.2, 0.25) is 5.91 Å². The SMILES string of the molecule is O=C(NCC(O)c1c(Cl)cccc1Cl)C1CCCO1. The minimum absolute atomic E-state index is 0.0577. The van der Waals surface area contributed by atoms with E-state index in [1.54, 1.807) is 18.2 Å². The van der Waals surface area contributed by atoms with Crippen molar-refractivity contribution in [2.75, 3.05) is 13.2 Å². The average molecular weight is 304 g/mol. The number of carbonyl (C=O) groups excluding carboxylic acids is 1. The van der Waals surface area contributed by atoms with E-state index < -0.39 is 12.2 Å². The zero-order valence-electron chi connectivity index (χ0n) is 10.2. The lowest BCUT2D eigenvalue weighted by atomic mass is 10.1. The van der Waals surface area contributed by atoms with Gasteiger partial charge in [-0.3, -0.25) is 4.79 Å². The van der Waals surface area contributed by atoms with Crippen LogP contribution in [-0.4, -0.2) is 30.3 Å². The molecule has 6 heteroatoms. The summed E-state index contributed by atoms with van der Waals surface area (Å²) in [6.45, 7) is 0.666. The van der Waals surface area contributed by atoms with Gasteiger partial charge in [0.25, 0.3) is 0 Å². The molecule has 1 aliphatic rings. The van der Waals surface area contributed by atoms with E-state index in [0.29, 0.717) is 22.2 Å². The number of nitrogens with one attached hydrogen (secondary N) is 1. The number of ether oxygens (including phenoxy) is 1. The maximum absolute atomic E-state index is 11.7. The minimum Gasteiger partial charge on any atom is -0.386 e. The maximum atomic E-state index is 11.7. The minimum atomic E-state index is -0.938. The van der Waals surface area contributed by atoms with Crippen LogP contribution in [0.15, 0.2) is 18.2 Å². The molecule has 0 aliphatic carbocycles. The Labute approximate surface area is 121 Å². The summed E-state index contributed by atoms with van der Waals surface area (Å²) in [6.07, 6.45) is 0.256. The van der Waals surface area contributed by atoms with Crippen LogP contribution in [0.1, 0.15) is 24.5 Å². The first-order valence-corrected chi connectivity index (χ1v) is 6.86. The van der Waals surface area contributed by atoms with Crippen LogP contribution in [0.5, 0.6) is 0 Å². The first kappa shape index (κ1) is 14.6. The number of halogens is 2. The van der Waals surface area contributed by atoms with E-state index in [1.165, 1.54) is 0 Å². The number of aliphatic hydroxyl groups excluding tert-OH is 1. The third-order valence-electron chi connectivity index (χ3n) is 3.02. The van der Waals surface area contributed by atoms with E-state index in [4.69, 9.17) is 27.9 Å². The van der Waals surface area contributed by atoms with Gasteiger partial charge >= 0.3 is 0 Å². The normalized spacial score (nSPS) is 20.3. The van der Waals surface area contributed by atoms with Gasteiger partial charge in [-0.15, -0.1) is 0 Å². The van der Waals surface area contributed by atoms with Crippen molar-refractivity contribution in [2.45, 2.75) is 25.0 Å². The molecule has 0 spiro atoms. The summed E-state index contributed by atoms with van der Waals surface area (Å²) in [4.78, 5) is 11.7. The summed E-state index contributed by atoms with van der Waals surface area (Å²) in [5.41, 5.74) is 0.429. The third kappa shape index (κ3) is 3.60. The van der Waals surface area contributed by atoms with Crippen LogP contribution >= 0.6 is 23.2 Å². The number of carbonyl (C=O) groups is 1. The number of aliphatic hydroxyl groups is 1. The molecule has 4 nitrogen and oxygen atoms in total.